The van der Waals surface area contributed by atoms with Crippen molar-refractivity contribution in [2.75, 3.05) is 19.8 Å². The second-order valence-corrected chi connectivity index (χ2v) is 20.9. The number of rotatable bonds is 18. The van der Waals surface area contributed by atoms with Crippen LogP contribution in [-0.2, 0) is 24.4 Å². The molecule has 10 rings (SSSR count). The monoisotopic (exact) mass is 1140 g/mol. The van der Waals surface area contributed by atoms with Crippen LogP contribution >= 0.6 is 34.8 Å². The number of fused-ring (bicyclic) bond motifs is 2. The zero-order valence-corrected chi connectivity index (χ0v) is 45.3. The van der Waals surface area contributed by atoms with Crippen LogP contribution in [0.4, 0.5) is 5.69 Å². The van der Waals surface area contributed by atoms with Crippen molar-refractivity contribution in [3.8, 4) is 34.3 Å². The van der Waals surface area contributed by atoms with Gasteiger partial charge in [-0.15, -0.1) is 0 Å². The average Bonchev–Trinajstić information content (AvgIpc) is 4.09. The summed E-state index contributed by atoms with van der Waals surface area (Å²) in [4.78, 5) is 77.8. The molecule has 20 nitrogen and oxygen atoms in total. The normalized spacial score (nSPS) is 13.6. The van der Waals surface area contributed by atoms with Crippen molar-refractivity contribution >= 4 is 75.4 Å². The number of ether oxygens (including phenoxy) is 3. The number of carbonyl (C=O) groups is 2. The van der Waals surface area contributed by atoms with E-state index in [1.54, 1.807) is 48.5 Å². The number of aliphatic hydroxyl groups is 1. The summed E-state index contributed by atoms with van der Waals surface area (Å²) < 4.78 is 20.3. The molecule has 0 unspecified atom stereocenters. The summed E-state index contributed by atoms with van der Waals surface area (Å²) in [7, 11) is 0. The standard InChI is InChI=1S/C57H51Cl3N12O8/c1-56(2,29-33-24-41(60)49(52(75)62-32-57(77)20-22-78-23-21-57)43(25-33)80-31-39-27-47(74)72-55(65-39)68-51(70-72)35-12-7-4-8-13-35)44(61)28-45(63-37-18-16-36(58)17-19-37)66-53(76)48-40(59)14-9-15-42(48)79-30-38-26-46(73)71-54(64-38)67-50(69-71)34-10-5-3-6-11-34/h3-19,24-27,61,77H,20-23,28-32H2,1-2H3,(H,62,75)(H,63,66,76)(H,64,67,69)(H,65,68,70). The highest BCUT2D eigenvalue weighted by atomic mass is 35.5. The third-order valence-electron chi connectivity index (χ3n) is 13.3. The van der Waals surface area contributed by atoms with Gasteiger partial charge in [-0.2, -0.15) is 19.0 Å². The SMILES string of the molecule is CC(C)(Cc1cc(Cl)c(C(=O)NCC2(O)CCOCC2)c(OCc2cc(=O)n3[nH]c(-c4ccccc4)nc3n2)c1)C(=N)CC(=Nc1ccc(Cl)cc1)NC(=O)c1c(Cl)cccc1OCc1cc(=O)n2[nH]c(-c3ccccc3)nc2n1. The van der Waals surface area contributed by atoms with Gasteiger partial charge in [-0.25, -0.2) is 15.0 Å². The highest BCUT2D eigenvalue weighted by Crippen LogP contribution is 2.35. The number of amidine groups is 1. The summed E-state index contributed by atoms with van der Waals surface area (Å²) in [5, 5.41) is 32.9. The first-order valence-corrected chi connectivity index (χ1v) is 26.4. The minimum absolute atomic E-state index is 0.0208. The third kappa shape index (κ3) is 12.6. The quantitative estimate of drug-likeness (QED) is 0.0347. The molecule has 1 saturated heterocycles. The molecule has 408 valence electrons. The number of hydrogen-bond donors (Lipinski definition) is 6. The predicted molar refractivity (Wildman–Crippen MR) is 303 cm³/mol. The van der Waals surface area contributed by atoms with E-state index >= 15 is 0 Å². The van der Waals surface area contributed by atoms with Crippen LogP contribution in [0.15, 0.2) is 142 Å². The minimum atomic E-state index is -1.19. The molecule has 23 heteroatoms. The maximum atomic E-state index is 14.4. The number of nitrogens with zero attached hydrogens (tertiary/aromatic N) is 7. The van der Waals surface area contributed by atoms with E-state index in [2.05, 4.69) is 40.8 Å². The summed E-state index contributed by atoms with van der Waals surface area (Å²) in [6.45, 7) is 3.79. The molecular weight excluding hydrogens is 1090 g/mol. The van der Waals surface area contributed by atoms with Crippen LogP contribution in [0, 0.1) is 10.8 Å². The van der Waals surface area contributed by atoms with Gasteiger partial charge in [0.05, 0.1) is 38.3 Å². The van der Waals surface area contributed by atoms with Gasteiger partial charge in [0.25, 0.3) is 34.5 Å². The Morgan fingerprint density at radius 2 is 1.29 bits per heavy atom. The number of aliphatic imine (C=N–C) groups is 1. The first kappa shape index (κ1) is 54.8. The fourth-order valence-corrected chi connectivity index (χ4v) is 9.63. The van der Waals surface area contributed by atoms with Crippen LogP contribution in [0.1, 0.15) is 70.8 Å². The van der Waals surface area contributed by atoms with E-state index < -0.39 is 33.9 Å². The summed E-state index contributed by atoms with van der Waals surface area (Å²) in [6, 6.07) is 35.7. The molecule has 5 aromatic carbocycles. The van der Waals surface area contributed by atoms with E-state index in [4.69, 9.17) is 54.0 Å². The van der Waals surface area contributed by atoms with Crippen molar-refractivity contribution in [3.63, 3.8) is 0 Å². The van der Waals surface area contributed by atoms with Gasteiger partial charge in [0, 0.05) is 78.4 Å². The minimum Gasteiger partial charge on any atom is -0.486 e. The zero-order valence-electron chi connectivity index (χ0n) is 43.1. The number of aromatic amines is 2. The molecule has 1 aliphatic heterocycles. The number of nitrogens with one attached hydrogen (secondary N) is 5. The van der Waals surface area contributed by atoms with Crippen LogP contribution in [0.2, 0.25) is 15.1 Å². The van der Waals surface area contributed by atoms with Crippen molar-refractivity contribution < 1.29 is 28.9 Å². The first-order chi connectivity index (χ1) is 38.5. The van der Waals surface area contributed by atoms with Crippen LogP contribution in [0.3, 0.4) is 0 Å². The van der Waals surface area contributed by atoms with E-state index in [1.807, 2.05) is 74.5 Å². The van der Waals surface area contributed by atoms with E-state index in [0.29, 0.717) is 54.0 Å². The molecule has 5 heterocycles. The fraction of sp³-hybridized carbons (Fsp3) is 0.228. The molecule has 0 aliphatic carbocycles. The summed E-state index contributed by atoms with van der Waals surface area (Å²) >= 11 is 19.9. The van der Waals surface area contributed by atoms with Gasteiger partial charge >= 0.3 is 0 Å². The Bertz CT molecular complexity index is 3950. The zero-order chi connectivity index (χ0) is 56.1. The number of amides is 2. The van der Waals surface area contributed by atoms with E-state index in [1.165, 1.54) is 27.2 Å². The number of carbonyl (C=O) groups excluding carboxylic acids is 2. The molecule has 0 radical (unpaired) electrons. The molecule has 0 atom stereocenters. The Hall–Kier alpha value is -8.53. The maximum Gasteiger partial charge on any atom is 0.274 e. The first-order valence-electron chi connectivity index (χ1n) is 25.2. The van der Waals surface area contributed by atoms with Gasteiger partial charge < -0.3 is 35.4 Å². The number of hydrogen-bond acceptors (Lipinski definition) is 14. The molecule has 0 spiro atoms. The van der Waals surface area contributed by atoms with Gasteiger partial charge in [0.2, 0.25) is 0 Å². The number of H-pyrrole nitrogens is 2. The molecule has 1 fully saturated rings. The van der Waals surface area contributed by atoms with Crippen molar-refractivity contribution in [2.45, 2.75) is 58.3 Å². The Morgan fingerprint density at radius 1 is 0.725 bits per heavy atom. The average molecular weight is 1140 g/mol. The molecule has 1 aliphatic rings. The van der Waals surface area contributed by atoms with E-state index in [-0.39, 0.29) is 99.8 Å². The lowest BCUT2D eigenvalue weighted by Gasteiger charge is -2.32. The van der Waals surface area contributed by atoms with E-state index in [9.17, 15) is 29.7 Å². The van der Waals surface area contributed by atoms with Gasteiger partial charge in [0.15, 0.2) is 11.6 Å². The highest BCUT2D eigenvalue weighted by Gasteiger charge is 2.33. The Kier molecular flexibility index (Phi) is 16.1. The Labute approximate surface area is 471 Å². The number of aromatic nitrogens is 8. The van der Waals surface area contributed by atoms with Crippen molar-refractivity contribution in [1.82, 2.24) is 49.8 Å². The molecule has 0 saturated carbocycles. The van der Waals surface area contributed by atoms with Gasteiger partial charge in [0.1, 0.15) is 36.1 Å². The summed E-state index contributed by atoms with van der Waals surface area (Å²) in [6.07, 6.45) is 0.648. The molecule has 2 amide bonds. The lowest BCUT2D eigenvalue weighted by atomic mass is 9.79. The van der Waals surface area contributed by atoms with Crippen molar-refractivity contribution in [1.29, 1.82) is 5.41 Å². The van der Waals surface area contributed by atoms with Crippen LogP contribution in [-0.4, -0.2) is 93.0 Å². The summed E-state index contributed by atoms with van der Waals surface area (Å²) in [5.41, 5.74) is 0.0273. The largest absolute Gasteiger partial charge is 0.486 e. The molecule has 6 N–H and O–H groups in total. The number of benzene rings is 5. The van der Waals surface area contributed by atoms with E-state index in [0.717, 1.165) is 11.1 Å². The maximum absolute atomic E-state index is 14.4. The third-order valence-corrected chi connectivity index (χ3v) is 14.2. The molecule has 4 aromatic heterocycles. The second-order valence-electron chi connectivity index (χ2n) is 19.7. The van der Waals surface area contributed by atoms with Gasteiger partial charge in [-0.05, 0) is 60.5 Å². The second kappa shape index (κ2) is 23.4. The lowest BCUT2D eigenvalue weighted by Crippen LogP contribution is -2.46. The summed E-state index contributed by atoms with van der Waals surface area (Å²) in [5.74, 6) is 0.0298. The van der Waals surface area contributed by atoms with Gasteiger partial charge in [-0.3, -0.25) is 29.4 Å². The van der Waals surface area contributed by atoms with Crippen LogP contribution in [0.25, 0.3) is 34.3 Å². The van der Waals surface area contributed by atoms with Crippen molar-refractivity contribution in [2.24, 2.45) is 10.4 Å². The predicted octanol–water partition coefficient (Wildman–Crippen LogP) is 9.01. The van der Waals surface area contributed by atoms with Crippen molar-refractivity contribution in [3.05, 3.63) is 191 Å². The number of halogens is 3. The molecular formula is C57H51Cl3N12O8. The van der Waals surface area contributed by atoms with Crippen LogP contribution < -0.4 is 31.2 Å². The fourth-order valence-electron chi connectivity index (χ4n) is 8.93. The Morgan fingerprint density at radius 3 is 1.88 bits per heavy atom. The lowest BCUT2D eigenvalue weighted by molar-refractivity contribution is -0.0605. The Balaban J connectivity index is 0.892. The topological polar surface area (TPSA) is 268 Å². The molecule has 0 bridgehead atoms. The van der Waals surface area contributed by atoms with Crippen LogP contribution in [0.5, 0.6) is 11.5 Å². The smallest absolute Gasteiger partial charge is 0.274 e. The van der Waals surface area contributed by atoms with Gasteiger partial charge in [-0.1, -0.05) is 115 Å². The molecule has 80 heavy (non-hydrogen) atoms. The molecule has 9 aromatic rings. The highest BCUT2D eigenvalue weighted by molar-refractivity contribution is 6.35.